The lowest BCUT2D eigenvalue weighted by molar-refractivity contribution is 0.198. The molecule has 0 radical (unpaired) electrons. The molecule has 0 bridgehead atoms. The summed E-state index contributed by atoms with van der Waals surface area (Å²) in [5.74, 6) is 0. The van der Waals surface area contributed by atoms with Crippen LogP contribution < -0.4 is 4.90 Å². The monoisotopic (exact) mass is 292 g/mol. The van der Waals surface area contributed by atoms with Crippen molar-refractivity contribution in [3.63, 3.8) is 0 Å². The third-order valence-corrected chi connectivity index (χ3v) is 4.74. The quantitative estimate of drug-likeness (QED) is 0.727. The topological polar surface area (TPSA) is 23.6 Å². The Morgan fingerprint density at radius 3 is 2.41 bits per heavy atom. The van der Waals surface area contributed by atoms with Crippen LogP contribution in [0, 0.1) is 0 Å². The molecule has 0 atom stereocenters. The molecule has 4 rings (SSSR count). The molecule has 0 fully saturated rings. The summed E-state index contributed by atoms with van der Waals surface area (Å²) in [7, 11) is 0. The minimum atomic E-state index is 0.154. The first-order valence-electron chi connectivity index (χ1n) is 8.04. The molecule has 2 aliphatic heterocycles. The Kier molecular flexibility index (Phi) is 3.34. The summed E-state index contributed by atoms with van der Waals surface area (Å²) in [4.78, 5) is 16.9. The number of fused-ring (bicyclic) bond motifs is 2. The second-order valence-electron chi connectivity index (χ2n) is 6.11. The largest absolute Gasteiger partial charge is 0.324 e. The van der Waals surface area contributed by atoms with Gasteiger partial charge in [0, 0.05) is 25.3 Å². The molecule has 0 aliphatic carbocycles. The molecule has 2 aromatic rings. The number of nitrogens with zero attached hydrogens (tertiary/aromatic N) is 2. The van der Waals surface area contributed by atoms with Crippen molar-refractivity contribution in [3.05, 3.63) is 65.2 Å². The van der Waals surface area contributed by atoms with Crippen LogP contribution in [-0.2, 0) is 19.4 Å². The fourth-order valence-electron chi connectivity index (χ4n) is 3.56. The van der Waals surface area contributed by atoms with Gasteiger partial charge >= 0.3 is 6.03 Å². The molecule has 2 aliphatic rings. The van der Waals surface area contributed by atoms with E-state index in [-0.39, 0.29) is 6.03 Å². The SMILES string of the molecule is O=C(N1CCc2ccccc2C1)N1CCCc2ccccc21. The van der Waals surface area contributed by atoms with Crippen molar-refractivity contribution in [2.75, 3.05) is 18.0 Å². The van der Waals surface area contributed by atoms with Crippen molar-refractivity contribution in [2.24, 2.45) is 0 Å². The first kappa shape index (κ1) is 13.4. The van der Waals surface area contributed by atoms with Crippen molar-refractivity contribution in [3.8, 4) is 0 Å². The molecule has 2 heterocycles. The molecule has 112 valence electrons. The highest BCUT2D eigenvalue weighted by Crippen LogP contribution is 2.29. The lowest BCUT2D eigenvalue weighted by Crippen LogP contribution is -2.47. The molecule has 2 aromatic carbocycles. The Labute approximate surface area is 131 Å². The normalized spacial score (nSPS) is 16.9. The van der Waals surface area contributed by atoms with E-state index in [1.165, 1.54) is 16.7 Å². The Morgan fingerprint density at radius 1 is 0.818 bits per heavy atom. The minimum absolute atomic E-state index is 0.154. The standard InChI is InChI=1S/C19H20N2O/c22-19(20-13-11-15-6-1-2-8-17(15)14-20)21-12-5-9-16-7-3-4-10-18(16)21/h1-4,6-8,10H,5,9,11-14H2. The maximum atomic E-state index is 13.0. The van der Waals surface area contributed by atoms with E-state index in [0.29, 0.717) is 0 Å². The maximum absolute atomic E-state index is 13.0. The Morgan fingerprint density at radius 2 is 1.55 bits per heavy atom. The van der Waals surface area contributed by atoms with Crippen molar-refractivity contribution < 1.29 is 4.79 Å². The molecule has 0 N–H and O–H groups in total. The highest BCUT2D eigenvalue weighted by Gasteiger charge is 2.28. The average Bonchev–Trinajstić information content (AvgIpc) is 2.60. The number of urea groups is 1. The van der Waals surface area contributed by atoms with Crippen LogP contribution in [0.2, 0.25) is 0 Å². The van der Waals surface area contributed by atoms with E-state index in [0.717, 1.165) is 44.6 Å². The number of hydrogen-bond acceptors (Lipinski definition) is 1. The van der Waals surface area contributed by atoms with Gasteiger partial charge < -0.3 is 4.90 Å². The van der Waals surface area contributed by atoms with Gasteiger partial charge in [-0.3, -0.25) is 4.90 Å². The molecule has 22 heavy (non-hydrogen) atoms. The number of amides is 2. The Hall–Kier alpha value is -2.29. The number of carbonyl (C=O) groups excluding carboxylic acids is 1. The zero-order chi connectivity index (χ0) is 14.9. The van der Waals surface area contributed by atoms with Crippen LogP contribution in [0.5, 0.6) is 0 Å². The molecule has 0 saturated carbocycles. The predicted octanol–water partition coefficient (Wildman–Crippen LogP) is 3.62. The van der Waals surface area contributed by atoms with Crippen LogP contribution in [0.1, 0.15) is 23.1 Å². The molecular formula is C19H20N2O. The van der Waals surface area contributed by atoms with Gasteiger partial charge in [0.2, 0.25) is 0 Å². The molecule has 0 unspecified atom stereocenters. The molecule has 0 spiro atoms. The van der Waals surface area contributed by atoms with Crippen molar-refractivity contribution in [2.45, 2.75) is 25.8 Å². The number of para-hydroxylation sites is 1. The molecular weight excluding hydrogens is 272 g/mol. The third-order valence-electron chi connectivity index (χ3n) is 4.74. The van der Waals surface area contributed by atoms with Gasteiger partial charge in [-0.05, 0) is 42.0 Å². The van der Waals surface area contributed by atoms with Gasteiger partial charge in [-0.2, -0.15) is 0 Å². The van der Waals surface area contributed by atoms with E-state index in [1.54, 1.807) is 0 Å². The van der Waals surface area contributed by atoms with Crippen molar-refractivity contribution >= 4 is 11.7 Å². The second kappa shape index (κ2) is 5.48. The first-order valence-corrected chi connectivity index (χ1v) is 8.04. The third kappa shape index (κ3) is 2.27. The number of carbonyl (C=O) groups is 1. The summed E-state index contributed by atoms with van der Waals surface area (Å²) >= 11 is 0. The highest BCUT2D eigenvalue weighted by atomic mass is 16.2. The zero-order valence-electron chi connectivity index (χ0n) is 12.7. The molecule has 0 aromatic heterocycles. The zero-order valence-corrected chi connectivity index (χ0v) is 12.7. The van der Waals surface area contributed by atoms with Crippen LogP contribution in [0.25, 0.3) is 0 Å². The molecule has 0 saturated heterocycles. The van der Waals surface area contributed by atoms with Crippen molar-refractivity contribution in [1.29, 1.82) is 0 Å². The summed E-state index contributed by atoms with van der Waals surface area (Å²) in [6.45, 7) is 2.37. The molecule has 3 heteroatoms. The van der Waals surface area contributed by atoms with Crippen LogP contribution in [0.4, 0.5) is 10.5 Å². The number of rotatable bonds is 0. The summed E-state index contributed by atoms with van der Waals surface area (Å²) in [5.41, 5.74) is 5.05. The van der Waals surface area contributed by atoms with Crippen LogP contribution in [0.15, 0.2) is 48.5 Å². The summed E-state index contributed by atoms with van der Waals surface area (Å²) in [6.07, 6.45) is 3.08. The summed E-state index contributed by atoms with van der Waals surface area (Å²) in [6, 6.07) is 16.9. The lowest BCUT2D eigenvalue weighted by atomic mass is 9.99. The Balaban J connectivity index is 1.59. The summed E-state index contributed by atoms with van der Waals surface area (Å²) in [5, 5.41) is 0. The van der Waals surface area contributed by atoms with E-state index in [2.05, 4.69) is 42.5 Å². The van der Waals surface area contributed by atoms with Gasteiger partial charge in [0.1, 0.15) is 0 Å². The van der Waals surface area contributed by atoms with Crippen LogP contribution >= 0.6 is 0 Å². The predicted molar refractivity (Wildman–Crippen MR) is 88.1 cm³/mol. The maximum Gasteiger partial charge on any atom is 0.324 e. The Bertz CT molecular complexity index is 710. The number of aryl methyl sites for hydroxylation is 1. The van der Waals surface area contributed by atoms with E-state index in [9.17, 15) is 4.79 Å². The van der Waals surface area contributed by atoms with Crippen LogP contribution in [-0.4, -0.2) is 24.0 Å². The van der Waals surface area contributed by atoms with E-state index in [1.807, 2.05) is 15.9 Å². The number of hydrogen-bond donors (Lipinski definition) is 0. The first-order chi connectivity index (χ1) is 10.8. The average molecular weight is 292 g/mol. The van der Waals surface area contributed by atoms with Gasteiger partial charge in [0.15, 0.2) is 0 Å². The van der Waals surface area contributed by atoms with Gasteiger partial charge in [0.05, 0.1) is 0 Å². The number of anilines is 1. The highest BCUT2D eigenvalue weighted by molar-refractivity contribution is 5.93. The van der Waals surface area contributed by atoms with E-state index in [4.69, 9.17) is 0 Å². The van der Waals surface area contributed by atoms with Gasteiger partial charge in [0.25, 0.3) is 0 Å². The van der Waals surface area contributed by atoms with Gasteiger partial charge in [-0.15, -0.1) is 0 Å². The molecule has 2 amide bonds. The van der Waals surface area contributed by atoms with Gasteiger partial charge in [-0.25, -0.2) is 4.79 Å². The lowest BCUT2D eigenvalue weighted by Gasteiger charge is -2.36. The second-order valence-corrected chi connectivity index (χ2v) is 6.11. The molecule has 3 nitrogen and oxygen atoms in total. The van der Waals surface area contributed by atoms with E-state index < -0.39 is 0 Å². The number of benzene rings is 2. The fraction of sp³-hybridized carbons (Fsp3) is 0.316. The minimum Gasteiger partial charge on any atom is -0.320 e. The summed E-state index contributed by atoms with van der Waals surface area (Å²) < 4.78 is 0. The van der Waals surface area contributed by atoms with Gasteiger partial charge in [-0.1, -0.05) is 42.5 Å². The fourth-order valence-corrected chi connectivity index (χ4v) is 3.56. The van der Waals surface area contributed by atoms with Crippen LogP contribution in [0.3, 0.4) is 0 Å². The van der Waals surface area contributed by atoms with E-state index >= 15 is 0 Å². The smallest absolute Gasteiger partial charge is 0.320 e. The van der Waals surface area contributed by atoms with Crippen molar-refractivity contribution in [1.82, 2.24) is 4.90 Å².